The molecule has 3 heterocycles. The lowest BCUT2D eigenvalue weighted by Gasteiger charge is -2.07. The van der Waals surface area contributed by atoms with Crippen LogP contribution in [0.15, 0.2) is 48.8 Å². The summed E-state index contributed by atoms with van der Waals surface area (Å²) >= 11 is 1.35. The van der Waals surface area contributed by atoms with Crippen molar-refractivity contribution in [3.8, 4) is 5.88 Å². The van der Waals surface area contributed by atoms with Crippen molar-refractivity contribution in [1.29, 1.82) is 0 Å². The number of nitrogens with one attached hydrogen (secondary N) is 2. The Morgan fingerprint density at radius 1 is 1.22 bits per heavy atom. The van der Waals surface area contributed by atoms with Gasteiger partial charge >= 0.3 is 0 Å². The first-order valence-electron chi connectivity index (χ1n) is 8.51. The maximum absolute atomic E-state index is 12.5. The van der Waals surface area contributed by atoms with Gasteiger partial charge in [0.2, 0.25) is 11.0 Å². The van der Waals surface area contributed by atoms with Gasteiger partial charge in [-0.3, -0.25) is 10.1 Å². The molecular weight excluding hydrogens is 362 g/mol. The SMILES string of the molecule is CCOc1ncccc1C(=O)Nc1nnc(Cc2c[nH]c3ccccc23)s1. The molecule has 4 aromatic rings. The van der Waals surface area contributed by atoms with Crippen LogP contribution in [0.2, 0.25) is 0 Å². The number of carbonyl (C=O) groups is 1. The minimum atomic E-state index is -0.318. The zero-order chi connectivity index (χ0) is 18.6. The molecule has 0 unspecified atom stereocenters. The number of anilines is 1. The number of aromatic nitrogens is 4. The van der Waals surface area contributed by atoms with Crippen molar-refractivity contribution in [2.24, 2.45) is 0 Å². The van der Waals surface area contributed by atoms with E-state index >= 15 is 0 Å². The maximum atomic E-state index is 12.5. The highest BCUT2D eigenvalue weighted by Gasteiger charge is 2.16. The second-order valence-electron chi connectivity index (χ2n) is 5.78. The number of hydrogen-bond acceptors (Lipinski definition) is 6. The number of H-pyrrole nitrogens is 1. The maximum Gasteiger partial charge on any atom is 0.262 e. The van der Waals surface area contributed by atoms with Gasteiger partial charge in [-0.25, -0.2) is 4.98 Å². The molecule has 0 bridgehead atoms. The van der Waals surface area contributed by atoms with Crippen molar-refractivity contribution in [2.75, 3.05) is 11.9 Å². The summed E-state index contributed by atoms with van der Waals surface area (Å²) in [7, 11) is 0. The molecule has 1 aromatic carbocycles. The number of rotatable bonds is 6. The lowest BCUT2D eigenvalue weighted by molar-refractivity contribution is 0.102. The molecule has 0 saturated heterocycles. The number of nitrogens with zero attached hydrogens (tertiary/aromatic N) is 3. The van der Waals surface area contributed by atoms with Crippen molar-refractivity contribution in [3.63, 3.8) is 0 Å². The Balaban J connectivity index is 1.49. The number of hydrogen-bond donors (Lipinski definition) is 2. The van der Waals surface area contributed by atoms with E-state index in [-0.39, 0.29) is 5.91 Å². The zero-order valence-electron chi connectivity index (χ0n) is 14.6. The molecule has 4 rings (SSSR count). The fourth-order valence-corrected chi connectivity index (χ4v) is 3.55. The van der Waals surface area contributed by atoms with Crippen molar-refractivity contribution in [3.05, 3.63) is 64.9 Å². The van der Waals surface area contributed by atoms with Crippen LogP contribution in [-0.4, -0.2) is 32.7 Å². The van der Waals surface area contributed by atoms with E-state index in [1.807, 2.05) is 31.3 Å². The molecule has 3 aromatic heterocycles. The van der Waals surface area contributed by atoms with E-state index in [1.54, 1.807) is 18.3 Å². The van der Waals surface area contributed by atoms with E-state index in [4.69, 9.17) is 4.74 Å². The van der Waals surface area contributed by atoms with Gasteiger partial charge in [-0.1, -0.05) is 29.5 Å². The molecule has 8 heteroatoms. The van der Waals surface area contributed by atoms with Gasteiger partial charge in [-0.15, -0.1) is 10.2 Å². The Labute approximate surface area is 159 Å². The number of amides is 1. The van der Waals surface area contributed by atoms with E-state index in [9.17, 15) is 4.79 Å². The van der Waals surface area contributed by atoms with Crippen LogP contribution in [0.5, 0.6) is 5.88 Å². The van der Waals surface area contributed by atoms with Crippen molar-refractivity contribution in [1.82, 2.24) is 20.2 Å². The summed E-state index contributed by atoms with van der Waals surface area (Å²) in [5, 5.41) is 13.5. The van der Waals surface area contributed by atoms with Crippen molar-refractivity contribution < 1.29 is 9.53 Å². The Kier molecular flexibility index (Phi) is 4.80. The van der Waals surface area contributed by atoms with E-state index in [2.05, 4.69) is 31.5 Å². The van der Waals surface area contributed by atoms with Crippen LogP contribution in [0, 0.1) is 0 Å². The summed E-state index contributed by atoms with van der Waals surface area (Å²) in [5.41, 5.74) is 2.60. The third-order valence-electron chi connectivity index (χ3n) is 4.00. The topological polar surface area (TPSA) is 92.8 Å². The standard InChI is InChI=1S/C19H17N5O2S/c1-2-26-18-14(7-5-9-20-18)17(25)22-19-24-23-16(27-19)10-12-11-21-15-8-4-3-6-13(12)15/h3-9,11,21H,2,10H2,1H3,(H,22,24,25). The molecule has 0 atom stereocenters. The van der Waals surface area contributed by atoms with Gasteiger partial charge in [0.1, 0.15) is 10.6 Å². The molecule has 1 amide bonds. The highest BCUT2D eigenvalue weighted by molar-refractivity contribution is 7.15. The summed E-state index contributed by atoms with van der Waals surface area (Å²) < 4.78 is 5.40. The first-order chi connectivity index (χ1) is 13.2. The summed E-state index contributed by atoms with van der Waals surface area (Å²) in [4.78, 5) is 19.9. The van der Waals surface area contributed by atoms with Gasteiger partial charge in [0.25, 0.3) is 5.91 Å². The molecule has 136 valence electrons. The monoisotopic (exact) mass is 379 g/mol. The summed E-state index contributed by atoms with van der Waals surface area (Å²) in [6, 6.07) is 11.5. The molecule has 0 aliphatic heterocycles. The van der Waals surface area contributed by atoms with E-state index in [0.717, 1.165) is 21.5 Å². The highest BCUT2D eigenvalue weighted by atomic mass is 32.1. The number of benzene rings is 1. The van der Waals surface area contributed by atoms with Gasteiger partial charge in [0.05, 0.1) is 6.61 Å². The van der Waals surface area contributed by atoms with Gasteiger partial charge in [-0.2, -0.15) is 0 Å². The molecule has 0 aliphatic rings. The number of pyridine rings is 1. The second-order valence-corrected chi connectivity index (χ2v) is 6.84. The lowest BCUT2D eigenvalue weighted by atomic mass is 10.1. The first kappa shape index (κ1) is 17.2. The van der Waals surface area contributed by atoms with Gasteiger partial charge < -0.3 is 9.72 Å². The normalized spacial score (nSPS) is 10.9. The summed E-state index contributed by atoms with van der Waals surface area (Å²) in [6.45, 7) is 2.28. The smallest absolute Gasteiger partial charge is 0.262 e. The number of para-hydroxylation sites is 1. The zero-order valence-corrected chi connectivity index (χ0v) is 15.4. The Morgan fingerprint density at radius 2 is 2.11 bits per heavy atom. The van der Waals surface area contributed by atoms with Gasteiger partial charge in [0, 0.05) is 29.7 Å². The number of ether oxygens (including phenoxy) is 1. The molecule has 0 fully saturated rings. The molecule has 0 spiro atoms. The highest BCUT2D eigenvalue weighted by Crippen LogP contribution is 2.24. The van der Waals surface area contributed by atoms with Crippen LogP contribution < -0.4 is 10.1 Å². The van der Waals surface area contributed by atoms with Crippen LogP contribution in [0.4, 0.5) is 5.13 Å². The molecule has 27 heavy (non-hydrogen) atoms. The summed E-state index contributed by atoms with van der Waals surface area (Å²) in [6.07, 6.45) is 4.22. The molecule has 2 N–H and O–H groups in total. The Morgan fingerprint density at radius 3 is 3.00 bits per heavy atom. The van der Waals surface area contributed by atoms with Crippen LogP contribution in [0.1, 0.15) is 27.9 Å². The van der Waals surface area contributed by atoms with E-state index < -0.39 is 0 Å². The predicted octanol–water partition coefficient (Wildman–Crippen LogP) is 3.66. The van der Waals surface area contributed by atoms with Crippen LogP contribution in [-0.2, 0) is 6.42 Å². The Hall–Kier alpha value is -3.26. The van der Waals surface area contributed by atoms with E-state index in [1.165, 1.54) is 11.3 Å². The largest absolute Gasteiger partial charge is 0.477 e. The molecule has 7 nitrogen and oxygen atoms in total. The first-order valence-corrected chi connectivity index (χ1v) is 9.32. The molecule has 0 saturated carbocycles. The summed E-state index contributed by atoms with van der Waals surface area (Å²) in [5.74, 6) is -0.0117. The van der Waals surface area contributed by atoms with Crippen LogP contribution in [0.3, 0.4) is 0 Å². The number of fused-ring (bicyclic) bond motifs is 1. The van der Waals surface area contributed by atoms with Gasteiger partial charge in [-0.05, 0) is 30.7 Å². The molecule has 0 aliphatic carbocycles. The minimum absolute atomic E-state index is 0.307. The van der Waals surface area contributed by atoms with Crippen LogP contribution >= 0.6 is 11.3 Å². The minimum Gasteiger partial charge on any atom is -0.477 e. The average molecular weight is 379 g/mol. The van der Waals surface area contributed by atoms with E-state index in [0.29, 0.717) is 29.6 Å². The van der Waals surface area contributed by atoms with Crippen molar-refractivity contribution in [2.45, 2.75) is 13.3 Å². The van der Waals surface area contributed by atoms with Crippen molar-refractivity contribution >= 4 is 33.3 Å². The second kappa shape index (κ2) is 7.55. The quantitative estimate of drug-likeness (QED) is 0.533. The fraction of sp³-hybridized carbons (Fsp3) is 0.158. The number of aromatic amines is 1. The predicted molar refractivity (Wildman–Crippen MR) is 104 cm³/mol. The van der Waals surface area contributed by atoms with Gasteiger partial charge in [0.15, 0.2) is 0 Å². The fourth-order valence-electron chi connectivity index (χ4n) is 2.80. The number of carbonyl (C=O) groups excluding carboxylic acids is 1. The average Bonchev–Trinajstić information content (AvgIpc) is 3.30. The molecule has 0 radical (unpaired) electrons. The lowest BCUT2D eigenvalue weighted by Crippen LogP contribution is -2.14. The third-order valence-corrected chi connectivity index (χ3v) is 4.84. The Bertz CT molecular complexity index is 1090. The molecular formula is C19H17N5O2S. The van der Waals surface area contributed by atoms with Crippen LogP contribution in [0.25, 0.3) is 10.9 Å². The third kappa shape index (κ3) is 3.65.